The van der Waals surface area contributed by atoms with E-state index < -0.39 is 14.2 Å². The summed E-state index contributed by atoms with van der Waals surface area (Å²) in [5.41, 5.74) is 0. The van der Waals surface area contributed by atoms with E-state index in [0.29, 0.717) is 12.2 Å². The summed E-state index contributed by atoms with van der Waals surface area (Å²) in [5.74, 6) is 6.73. The van der Waals surface area contributed by atoms with Crippen molar-refractivity contribution in [2.45, 2.75) is 38.2 Å². The lowest BCUT2D eigenvalue weighted by molar-refractivity contribution is 0.155. The van der Waals surface area contributed by atoms with E-state index in [1.165, 1.54) is 0 Å². The zero-order chi connectivity index (χ0) is 11.3. The fraction of sp³-hybridized carbons (Fsp3) is 0.500. The third kappa shape index (κ3) is 4.87. The van der Waals surface area contributed by atoms with Crippen LogP contribution in [-0.4, -0.2) is 13.2 Å². The highest BCUT2D eigenvalue weighted by Gasteiger charge is 2.10. The molecular weight excluding hydrogens is 204 g/mol. The average Bonchev–Trinajstić information content (AvgIpc) is 2.63. The van der Waals surface area contributed by atoms with Crippen molar-refractivity contribution in [3.8, 4) is 11.8 Å². The van der Waals surface area contributed by atoms with Gasteiger partial charge in [0, 0.05) is 12.5 Å². The topological polar surface area (TPSA) is 33.4 Å². The SMILES string of the molecule is C[Si](C)(C)CC#CCC(O)c1ccco1. The van der Waals surface area contributed by atoms with Crippen LogP contribution in [0.4, 0.5) is 0 Å². The van der Waals surface area contributed by atoms with Gasteiger partial charge >= 0.3 is 0 Å². The molecule has 82 valence electrons. The molecule has 0 aliphatic carbocycles. The van der Waals surface area contributed by atoms with Crippen molar-refractivity contribution >= 4 is 8.07 Å². The van der Waals surface area contributed by atoms with Gasteiger partial charge in [-0.1, -0.05) is 19.6 Å². The maximum atomic E-state index is 9.65. The summed E-state index contributed by atoms with van der Waals surface area (Å²) in [7, 11) is -1.07. The van der Waals surface area contributed by atoms with Crippen LogP contribution in [0, 0.1) is 11.8 Å². The molecule has 0 aliphatic heterocycles. The van der Waals surface area contributed by atoms with Crippen molar-refractivity contribution in [1.82, 2.24) is 0 Å². The third-order valence-electron chi connectivity index (χ3n) is 1.91. The number of hydrogen-bond donors (Lipinski definition) is 1. The summed E-state index contributed by atoms with van der Waals surface area (Å²) < 4.78 is 5.08. The van der Waals surface area contributed by atoms with E-state index >= 15 is 0 Å². The van der Waals surface area contributed by atoms with Crippen LogP contribution in [0.5, 0.6) is 0 Å². The molecule has 0 bridgehead atoms. The largest absolute Gasteiger partial charge is 0.467 e. The van der Waals surface area contributed by atoms with Crippen molar-refractivity contribution in [3.63, 3.8) is 0 Å². The summed E-state index contributed by atoms with van der Waals surface area (Å²) in [5, 5.41) is 9.65. The first kappa shape index (κ1) is 12.1. The number of hydrogen-bond acceptors (Lipinski definition) is 2. The van der Waals surface area contributed by atoms with E-state index in [4.69, 9.17) is 4.42 Å². The second-order valence-electron chi connectivity index (χ2n) is 4.83. The van der Waals surface area contributed by atoms with Crippen molar-refractivity contribution in [2.24, 2.45) is 0 Å². The van der Waals surface area contributed by atoms with Gasteiger partial charge in [-0.2, -0.15) is 0 Å². The Balaban J connectivity index is 2.37. The molecule has 0 saturated heterocycles. The number of aliphatic hydroxyl groups excluding tert-OH is 1. The van der Waals surface area contributed by atoms with Crippen LogP contribution in [0.15, 0.2) is 22.8 Å². The Morgan fingerprint density at radius 1 is 1.40 bits per heavy atom. The Kier molecular flexibility index (Phi) is 4.19. The van der Waals surface area contributed by atoms with E-state index in [9.17, 15) is 5.11 Å². The lowest BCUT2D eigenvalue weighted by atomic mass is 10.2. The predicted molar refractivity (Wildman–Crippen MR) is 64.2 cm³/mol. The Labute approximate surface area is 92.3 Å². The summed E-state index contributed by atoms with van der Waals surface area (Å²) in [6.07, 6.45) is 1.43. The van der Waals surface area contributed by atoms with Crippen LogP contribution >= 0.6 is 0 Å². The van der Waals surface area contributed by atoms with Crippen molar-refractivity contribution in [2.75, 3.05) is 0 Å². The Morgan fingerprint density at radius 3 is 2.67 bits per heavy atom. The maximum Gasteiger partial charge on any atom is 0.133 e. The molecule has 0 saturated carbocycles. The van der Waals surface area contributed by atoms with Crippen LogP contribution in [-0.2, 0) is 0 Å². The van der Waals surface area contributed by atoms with Gasteiger partial charge in [-0.3, -0.25) is 0 Å². The highest BCUT2D eigenvalue weighted by atomic mass is 28.3. The molecule has 1 rings (SSSR count). The van der Waals surface area contributed by atoms with Gasteiger partial charge in [0.15, 0.2) is 0 Å². The quantitative estimate of drug-likeness (QED) is 0.630. The molecule has 1 aromatic heterocycles. The number of furan rings is 1. The second-order valence-corrected chi connectivity index (χ2v) is 10.3. The fourth-order valence-electron chi connectivity index (χ4n) is 1.08. The standard InChI is InChI=1S/C12H18O2Si/c1-15(2,3)10-5-4-7-11(13)12-8-6-9-14-12/h6,8-9,11,13H,7,10H2,1-3H3. The lowest BCUT2D eigenvalue weighted by Gasteiger charge is -2.09. The highest BCUT2D eigenvalue weighted by Crippen LogP contribution is 2.16. The molecule has 1 heterocycles. The molecule has 1 N–H and O–H groups in total. The van der Waals surface area contributed by atoms with Crippen molar-refractivity contribution in [3.05, 3.63) is 24.2 Å². The molecule has 1 atom stereocenters. The van der Waals surface area contributed by atoms with Crippen molar-refractivity contribution < 1.29 is 9.52 Å². The van der Waals surface area contributed by atoms with Gasteiger partial charge in [-0.15, -0.1) is 11.8 Å². The Hall–Kier alpha value is -0.983. The van der Waals surface area contributed by atoms with Gasteiger partial charge in [0.05, 0.1) is 14.3 Å². The first-order valence-corrected chi connectivity index (χ1v) is 8.87. The molecular formula is C12H18O2Si. The fourth-order valence-corrected chi connectivity index (χ4v) is 1.73. The average molecular weight is 222 g/mol. The maximum absolute atomic E-state index is 9.65. The minimum absolute atomic E-state index is 0.456. The van der Waals surface area contributed by atoms with Gasteiger partial charge < -0.3 is 9.52 Å². The first-order valence-electron chi connectivity index (χ1n) is 5.16. The van der Waals surface area contributed by atoms with Crippen LogP contribution in [0.3, 0.4) is 0 Å². The summed E-state index contributed by atoms with van der Waals surface area (Å²) in [6.45, 7) is 6.85. The molecule has 1 unspecified atom stereocenters. The van der Waals surface area contributed by atoms with Gasteiger partial charge in [0.2, 0.25) is 0 Å². The van der Waals surface area contributed by atoms with E-state index in [1.54, 1.807) is 18.4 Å². The zero-order valence-corrected chi connectivity index (χ0v) is 10.6. The molecule has 0 aromatic carbocycles. The summed E-state index contributed by atoms with van der Waals surface area (Å²) in [6, 6.07) is 4.52. The molecule has 0 spiro atoms. The Bertz CT molecular complexity index is 338. The molecule has 0 amide bonds. The minimum Gasteiger partial charge on any atom is -0.467 e. The number of rotatable bonds is 3. The van der Waals surface area contributed by atoms with E-state index in [1.807, 2.05) is 0 Å². The Morgan fingerprint density at radius 2 is 2.13 bits per heavy atom. The van der Waals surface area contributed by atoms with Crippen LogP contribution in [0.25, 0.3) is 0 Å². The minimum atomic E-state index is -1.07. The zero-order valence-electron chi connectivity index (χ0n) is 9.58. The molecule has 1 aromatic rings. The molecule has 0 fully saturated rings. The predicted octanol–water partition coefficient (Wildman–Crippen LogP) is 3.04. The smallest absolute Gasteiger partial charge is 0.133 e. The molecule has 0 radical (unpaired) electrons. The lowest BCUT2D eigenvalue weighted by Crippen LogP contribution is -2.17. The van der Waals surface area contributed by atoms with Gasteiger partial charge in [0.1, 0.15) is 11.9 Å². The molecule has 2 nitrogen and oxygen atoms in total. The molecule has 0 aliphatic rings. The second kappa shape index (κ2) is 5.20. The van der Waals surface area contributed by atoms with Gasteiger partial charge in [0.25, 0.3) is 0 Å². The molecule has 3 heteroatoms. The summed E-state index contributed by atoms with van der Waals surface area (Å²) in [4.78, 5) is 0. The molecule has 15 heavy (non-hydrogen) atoms. The summed E-state index contributed by atoms with van der Waals surface area (Å²) >= 11 is 0. The van der Waals surface area contributed by atoms with Gasteiger partial charge in [-0.05, 0) is 12.1 Å². The van der Waals surface area contributed by atoms with Crippen molar-refractivity contribution in [1.29, 1.82) is 0 Å². The van der Waals surface area contributed by atoms with Crippen LogP contribution in [0.2, 0.25) is 25.7 Å². The van der Waals surface area contributed by atoms with Crippen LogP contribution < -0.4 is 0 Å². The number of aliphatic hydroxyl groups is 1. The normalized spacial score (nSPS) is 13.1. The highest BCUT2D eigenvalue weighted by molar-refractivity contribution is 6.76. The monoisotopic (exact) mass is 222 g/mol. The van der Waals surface area contributed by atoms with E-state index in [0.717, 1.165) is 6.04 Å². The van der Waals surface area contributed by atoms with E-state index in [-0.39, 0.29) is 0 Å². The third-order valence-corrected chi connectivity index (χ3v) is 3.15. The van der Waals surface area contributed by atoms with Crippen LogP contribution in [0.1, 0.15) is 18.3 Å². The first-order chi connectivity index (χ1) is 6.99. The van der Waals surface area contributed by atoms with Gasteiger partial charge in [-0.25, -0.2) is 0 Å². The van der Waals surface area contributed by atoms with E-state index in [2.05, 4.69) is 31.5 Å².